The van der Waals surface area contributed by atoms with Crippen LogP contribution in [0.5, 0.6) is 0 Å². The van der Waals surface area contributed by atoms with Crippen LogP contribution in [-0.2, 0) is 9.53 Å². The van der Waals surface area contributed by atoms with Gasteiger partial charge in [-0.25, -0.2) is 4.79 Å². The van der Waals surface area contributed by atoms with Crippen molar-refractivity contribution < 1.29 is 14.3 Å². The predicted molar refractivity (Wildman–Crippen MR) is 114 cm³/mol. The van der Waals surface area contributed by atoms with Crippen LogP contribution in [0.25, 0.3) is 0 Å². The molecule has 1 atom stereocenters. The van der Waals surface area contributed by atoms with E-state index in [2.05, 4.69) is 18.2 Å². The van der Waals surface area contributed by atoms with Gasteiger partial charge < -0.3 is 10.1 Å². The lowest BCUT2D eigenvalue weighted by molar-refractivity contribution is -0.145. The fraction of sp³-hybridized carbons (Fsp3) is 0.583. The molecule has 0 bridgehead atoms. The SMILES string of the molecule is C#Cc1ccc(C(=O)N[C@H](C)C(=O)OCCCCCCCCCCCC)cc1. The van der Waals surface area contributed by atoms with Crippen LogP contribution in [0.4, 0.5) is 0 Å². The lowest BCUT2D eigenvalue weighted by Gasteiger charge is -2.13. The van der Waals surface area contributed by atoms with E-state index in [4.69, 9.17) is 11.2 Å². The fourth-order valence-electron chi connectivity index (χ4n) is 2.94. The average Bonchev–Trinajstić information content (AvgIpc) is 2.71. The summed E-state index contributed by atoms with van der Waals surface area (Å²) >= 11 is 0. The van der Waals surface area contributed by atoms with Crippen LogP contribution in [0.2, 0.25) is 0 Å². The maximum atomic E-state index is 12.1. The molecule has 1 aromatic rings. The highest BCUT2D eigenvalue weighted by molar-refractivity contribution is 5.96. The number of unbranched alkanes of at least 4 members (excludes halogenated alkanes) is 9. The second kappa shape index (κ2) is 14.7. The van der Waals surface area contributed by atoms with Gasteiger partial charge >= 0.3 is 5.97 Å². The molecule has 0 aliphatic rings. The van der Waals surface area contributed by atoms with Crippen molar-refractivity contribution in [1.29, 1.82) is 0 Å². The topological polar surface area (TPSA) is 55.4 Å². The van der Waals surface area contributed by atoms with Gasteiger partial charge in [0.2, 0.25) is 0 Å². The van der Waals surface area contributed by atoms with Crippen molar-refractivity contribution in [3.05, 3.63) is 35.4 Å². The quantitative estimate of drug-likeness (QED) is 0.270. The average molecular weight is 386 g/mol. The van der Waals surface area contributed by atoms with E-state index in [0.717, 1.165) is 12.8 Å². The van der Waals surface area contributed by atoms with Gasteiger partial charge in [-0.2, -0.15) is 0 Å². The first-order valence-corrected chi connectivity index (χ1v) is 10.6. The van der Waals surface area contributed by atoms with Gasteiger partial charge in [-0.05, 0) is 37.6 Å². The van der Waals surface area contributed by atoms with E-state index in [-0.39, 0.29) is 5.91 Å². The van der Waals surface area contributed by atoms with Gasteiger partial charge in [0.05, 0.1) is 6.61 Å². The normalized spacial score (nSPS) is 11.5. The maximum Gasteiger partial charge on any atom is 0.328 e. The molecule has 0 saturated carbocycles. The van der Waals surface area contributed by atoms with Crippen molar-refractivity contribution >= 4 is 11.9 Å². The molecule has 0 heterocycles. The molecule has 1 rings (SSSR count). The minimum absolute atomic E-state index is 0.313. The van der Waals surface area contributed by atoms with E-state index in [1.165, 1.54) is 51.4 Å². The summed E-state index contributed by atoms with van der Waals surface area (Å²) in [6.07, 6.45) is 17.7. The van der Waals surface area contributed by atoms with Crippen LogP contribution in [0, 0.1) is 12.3 Å². The van der Waals surface area contributed by atoms with Crippen LogP contribution in [0.1, 0.15) is 94.0 Å². The van der Waals surface area contributed by atoms with E-state index < -0.39 is 12.0 Å². The number of amides is 1. The molecule has 0 aromatic heterocycles. The van der Waals surface area contributed by atoms with Crippen LogP contribution >= 0.6 is 0 Å². The van der Waals surface area contributed by atoms with Crippen molar-refractivity contribution in [2.24, 2.45) is 0 Å². The van der Waals surface area contributed by atoms with Crippen LogP contribution < -0.4 is 5.32 Å². The molecule has 1 aromatic carbocycles. The first-order valence-electron chi connectivity index (χ1n) is 10.6. The van der Waals surface area contributed by atoms with Gasteiger partial charge in [0.1, 0.15) is 6.04 Å². The summed E-state index contributed by atoms with van der Waals surface area (Å²) in [5.41, 5.74) is 1.17. The molecule has 4 heteroatoms. The number of hydrogen-bond acceptors (Lipinski definition) is 3. The van der Waals surface area contributed by atoms with Crippen molar-refractivity contribution in [2.75, 3.05) is 6.61 Å². The summed E-state index contributed by atoms with van der Waals surface area (Å²) in [5.74, 6) is 1.79. The van der Waals surface area contributed by atoms with E-state index in [1.54, 1.807) is 31.2 Å². The second-order valence-corrected chi connectivity index (χ2v) is 7.27. The lowest BCUT2D eigenvalue weighted by atomic mass is 10.1. The summed E-state index contributed by atoms with van der Waals surface area (Å²) in [5, 5.41) is 2.66. The monoisotopic (exact) mass is 385 g/mol. The molecule has 0 radical (unpaired) electrons. The van der Waals surface area contributed by atoms with E-state index >= 15 is 0 Å². The zero-order valence-corrected chi connectivity index (χ0v) is 17.5. The van der Waals surface area contributed by atoms with E-state index in [0.29, 0.717) is 17.7 Å². The summed E-state index contributed by atoms with van der Waals surface area (Å²) in [6.45, 7) is 4.28. The van der Waals surface area contributed by atoms with E-state index in [9.17, 15) is 9.59 Å². The molecular weight excluding hydrogens is 350 g/mol. The first kappa shape index (κ1) is 23.8. The Labute approximate surface area is 170 Å². The van der Waals surface area contributed by atoms with Crippen molar-refractivity contribution in [3.8, 4) is 12.3 Å². The van der Waals surface area contributed by atoms with Crippen LogP contribution in [0.3, 0.4) is 0 Å². The van der Waals surface area contributed by atoms with Crippen molar-refractivity contribution in [2.45, 2.75) is 84.1 Å². The number of nitrogens with one attached hydrogen (secondary N) is 1. The van der Waals surface area contributed by atoms with Gasteiger partial charge in [-0.3, -0.25) is 4.79 Å². The zero-order valence-electron chi connectivity index (χ0n) is 17.5. The summed E-state index contributed by atoms with van der Waals surface area (Å²) in [4.78, 5) is 24.2. The Morgan fingerprint density at radius 1 is 0.964 bits per heavy atom. The Hall–Kier alpha value is -2.28. The van der Waals surface area contributed by atoms with Gasteiger partial charge in [-0.1, -0.05) is 70.6 Å². The molecular formula is C24H35NO3. The largest absolute Gasteiger partial charge is 0.464 e. The summed E-state index contributed by atoms with van der Waals surface area (Å²) in [6, 6.07) is 6.01. The standard InChI is InChI=1S/C24H35NO3/c1-4-6-7-8-9-10-11-12-13-14-19-28-24(27)20(3)25-23(26)22-17-15-21(5-2)16-18-22/h2,15-18,20H,4,6-14,19H2,1,3H3,(H,25,26)/t20-/m1/s1. The predicted octanol–water partition coefficient (Wildman–Crippen LogP) is 5.25. The number of benzene rings is 1. The van der Waals surface area contributed by atoms with Crippen molar-refractivity contribution in [1.82, 2.24) is 5.32 Å². The minimum Gasteiger partial charge on any atom is -0.464 e. The molecule has 28 heavy (non-hydrogen) atoms. The molecule has 1 amide bonds. The molecule has 0 spiro atoms. The Morgan fingerprint density at radius 3 is 2.04 bits per heavy atom. The van der Waals surface area contributed by atoms with Gasteiger partial charge in [0.15, 0.2) is 0 Å². The Morgan fingerprint density at radius 2 is 1.50 bits per heavy atom. The third-order valence-electron chi connectivity index (χ3n) is 4.76. The molecule has 0 saturated heterocycles. The molecule has 0 aliphatic carbocycles. The zero-order chi connectivity index (χ0) is 20.6. The highest BCUT2D eigenvalue weighted by atomic mass is 16.5. The number of hydrogen-bond donors (Lipinski definition) is 1. The molecule has 4 nitrogen and oxygen atoms in total. The molecule has 0 fully saturated rings. The third kappa shape index (κ3) is 10.2. The molecule has 1 N–H and O–H groups in total. The van der Waals surface area contributed by atoms with Crippen LogP contribution in [0.15, 0.2) is 24.3 Å². The molecule has 0 unspecified atom stereocenters. The lowest BCUT2D eigenvalue weighted by Crippen LogP contribution is -2.39. The Kier molecular flexibility index (Phi) is 12.5. The Bertz CT molecular complexity index is 616. The van der Waals surface area contributed by atoms with Gasteiger partial charge in [0.25, 0.3) is 5.91 Å². The summed E-state index contributed by atoms with van der Waals surface area (Å²) in [7, 11) is 0. The highest BCUT2D eigenvalue weighted by Gasteiger charge is 2.17. The molecule has 154 valence electrons. The number of esters is 1. The number of terminal acetylenes is 1. The Balaban J connectivity index is 2.09. The fourth-order valence-corrected chi connectivity index (χ4v) is 2.94. The van der Waals surface area contributed by atoms with Crippen molar-refractivity contribution in [3.63, 3.8) is 0 Å². The third-order valence-corrected chi connectivity index (χ3v) is 4.76. The number of ether oxygens (including phenoxy) is 1. The highest BCUT2D eigenvalue weighted by Crippen LogP contribution is 2.10. The minimum atomic E-state index is -0.678. The van der Waals surface area contributed by atoms with Gasteiger partial charge in [-0.15, -0.1) is 6.42 Å². The van der Waals surface area contributed by atoms with E-state index in [1.807, 2.05) is 0 Å². The smallest absolute Gasteiger partial charge is 0.328 e. The second-order valence-electron chi connectivity index (χ2n) is 7.27. The maximum absolute atomic E-state index is 12.1. The number of carbonyl (C=O) groups excluding carboxylic acids is 2. The van der Waals surface area contributed by atoms with Gasteiger partial charge in [0, 0.05) is 11.1 Å². The summed E-state index contributed by atoms with van der Waals surface area (Å²) < 4.78 is 5.27. The molecule has 0 aliphatic heterocycles. The van der Waals surface area contributed by atoms with Crippen LogP contribution in [-0.4, -0.2) is 24.5 Å². The first-order chi connectivity index (χ1) is 13.6. The number of carbonyl (C=O) groups is 2. The number of rotatable bonds is 14.